The molecule has 0 aromatic carbocycles. The lowest BCUT2D eigenvalue weighted by Crippen LogP contribution is -2.30. The number of nitrogens with one attached hydrogen (secondary N) is 1. The Morgan fingerprint density at radius 1 is 1.08 bits per heavy atom. The van der Waals surface area contributed by atoms with Gasteiger partial charge in [-0.25, -0.2) is 0 Å². The van der Waals surface area contributed by atoms with Crippen molar-refractivity contribution < 1.29 is 0 Å². The Hall–Kier alpha value is -0.160. The number of nitrogens with two attached hydrogens (primary N) is 2. The van der Waals surface area contributed by atoms with Crippen molar-refractivity contribution in [2.45, 2.75) is 6.42 Å². The van der Waals surface area contributed by atoms with E-state index in [1.165, 1.54) is 0 Å². The molecule has 4 nitrogen and oxygen atoms in total. The topological polar surface area (TPSA) is 67.3 Å². The van der Waals surface area contributed by atoms with Crippen molar-refractivity contribution >= 4 is 0 Å². The van der Waals surface area contributed by atoms with Gasteiger partial charge in [0.2, 0.25) is 0 Å². The fourth-order valence-corrected chi connectivity index (χ4v) is 1.03. The van der Waals surface area contributed by atoms with Crippen molar-refractivity contribution in [2.75, 3.05) is 46.3 Å². The Morgan fingerprint density at radius 2 is 1.83 bits per heavy atom. The van der Waals surface area contributed by atoms with E-state index in [9.17, 15) is 0 Å². The molecule has 0 fully saturated rings. The largest absolute Gasteiger partial charge is 0.329 e. The van der Waals surface area contributed by atoms with Gasteiger partial charge in [0.05, 0.1) is 0 Å². The SMILES string of the molecule is CN(CCN)CCCNCCN. The fraction of sp³-hybridized carbons (Fsp3) is 1.00. The van der Waals surface area contributed by atoms with E-state index in [4.69, 9.17) is 11.5 Å². The van der Waals surface area contributed by atoms with Crippen LogP contribution < -0.4 is 16.8 Å². The zero-order valence-electron chi connectivity index (χ0n) is 8.05. The Kier molecular flexibility index (Phi) is 8.81. The van der Waals surface area contributed by atoms with E-state index in [-0.39, 0.29) is 0 Å². The molecule has 4 heteroatoms. The average molecular weight is 174 g/mol. The van der Waals surface area contributed by atoms with E-state index < -0.39 is 0 Å². The molecular formula is C8H22N4. The number of nitrogens with zero attached hydrogens (tertiary/aromatic N) is 1. The highest BCUT2D eigenvalue weighted by atomic mass is 15.1. The lowest BCUT2D eigenvalue weighted by Gasteiger charge is -2.14. The maximum atomic E-state index is 5.41. The van der Waals surface area contributed by atoms with Gasteiger partial charge in [-0.1, -0.05) is 0 Å². The van der Waals surface area contributed by atoms with E-state index >= 15 is 0 Å². The summed E-state index contributed by atoms with van der Waals surface area (Å²) in [6, 6.07) is 0. The molecule has 74 valence electrons. The van der Waals surface area contributed by atoms with Gasteiger partial charge in [0.1, 0.15) is 0 Å². The third-order valence-corrected chi connectivity index (χ3v) is 1.73. The molecule has 0 bridgehead atoms. The molecule has 0 spiro atoms. The first-order chi connectivity index (χ1) is 5.81. The average Bonchev–Trinajstić information content (AvgIpc) is 2.05. The summed E-state index contributed by atoms with van der Waals surface area (Å²) in [6.45, 7) is 5.52. The standard InChI is InChI=1S/C8H22N4/c1-12(8-4-10)7-2-5-11-6-3-9/h11H,2-10H2,1H3. The monoisotopic (exact) mass is 174 g/mol. The summed E-state index contributed by atoms with van der Waals surface area (Å²) in [5, 5.41) is 3.25. The van der Waals surface area contributed by atoms with Crippen LogP contribution in [0, 0.1) is 0 Å². The maximum Gasteiger partial charge on any atom is 0.0102 e. The molecule has 0 aromatic rings. The molecule has 0 aliphatic carbocycles. The second-order valence-electron chi connectivity index (χ2n) is 2.98. The highest BCUT2D eigenvalue weighted by Gasteiger charge is 1.94. The third kappa shape index (κ3) is 7.94. The van der Waals surface area contributed by atoms with E-state index in [1.807, 2.05) is 0 Å². The maximum absolute atomic E-state index is 5.41. The Bertz CT molecular complexity index is 87.1. The van der Waals surface area contributed by atoms with Crippen LogP contribution in [0.4, 0.5) is 0 Å². The van der Waals surface area contributed by atoms with Gasteiger partial charge in [-0.15, -0.1) is 0 Å². The van der Waals surface area contributed by atoms with Gasteiger partial charge in [-0.2, -0.15) is 0 Å². The number of hydrogen-bond acceptors (Lipinski definition) is 4. The zero-order valence-corrected chi connectivity index (χ0v) is 8.05. The quantitative estimate of drug-likeness (QED) is 0.405. The van der Waals surface area contributed by atoms with E-state index in [2.05, 4.69) is 17.3 Å². The molecule has 0 radical (unpaired) electrons. The van der Waals surface area contributed by atoms with Gasteiger partial charge in [0.25, 0.3) is 0 Å². The molecule has 0 aliphatic rings. The van der Waals surface area contributed by atoms with Crippen molar-refractivity contribution in [3.05, 3.63) is 0 Å². The summed E-state index contributed by atoms with van der Waals surface area (Å²) in [5.41, 5.74) is 10.7. The Balaban J connectivity index is 2.97. The summed E-state index contributed by atoms with van der Waals surface area (Å²) in [6.07, 6.45) is 1.16. The minimum absolute atomic E-state index is 0.721. The fourth-order valence-electron chi connectivity index (χ4n) is 1.03. The summed E-state index contributed by atoms with van der Waals surface area (Å²) < 4.78 is 0. The highest BCUT2D eigenvalue weighted by Crippen LogP contribution is 1.83. The van der Waals surface area contributed by atoms with E-state index in [1.54, 1.807) is 0 Å². The van der Waals surface area contributed by atoms with Gasteiger partial charge >= 0.3 is 0 Å². The first-order valence-electron chi connectivity index (χ1n) is 4.60. The molecule has 0 aliphatic heterocycles. The van der Waals surface area contributed by atoms with Crippen LogP contribution in [0.2, 0.25) is 0 Å². The van der Waals surface area contributed by atoms with Crippen molar-refractivity contribution in [2.24, 2.45) is 11.5 Å². The Labute approximate surface area is 75.3 Å². The van der Waals surface area contributed by atoms with Crippen LogP contribution in [0.5, 0.6) is 0 Å². The predicted molar refractivity (Wildman–Crippen MR) is 53.1 cm³/mol. The number of likely N-dealkylation sites (N-methyl/N-ethyl adjacent to an activating group) is 1. The summed E-state index contributed by atoms with van der Waals surface area (Å²) in [5.74, 6) is 0. The van der Waals surface area contributed by atoms with Crippen LogP contribution in [0.3, 0.4) is 0 Å². The van der Waals surface area contributed by atoms with Gasteiger partial charge in [0, 0.05) is 26.2 Å². The number of rotatable bonds is 8. The van der Waals surface area contributed by atoms with Crippen LogP contribution in [0.15, 0.2) is 0 Å². The zero-order chi connectivity index (χ0) is 9.23. The first-order valence-corrected chi connectivity index (χ1v) is 4.60. The lowest BCUT2D eigenvalue weighted by atomic mass is 10.4. The molecular weight excluding hydrogens is 152 g/mol. The van der Waals surface area contributed by atoms with Gasteiger partial charge < -0.3 is 21.7 Å². The lowest BCUT2D eigenvalue weighted by molar-refractivity contribution is 0.336. The van der Waals surface area contributed by atoms with Crippen LogP contribution in [0.25, 0.3) is 0 Å². The molecule has 12 heavy (non-hydrogen) atoms. The van der Waals surface area contributed by atoms with E-state index in [0.717, 1.165) is 45.7 Å². The normalized spacial score (nSPS) is 11.0. The summed E-state index contributed by atoms with van der Waals surface area (Å²) >= 11 is 0. The third-order valence-electron chi connectivity index (χ3n) is 1.73. The molecule has 0 saturated carbocycles. The van der Waals surface area contributed by atoms with Crippen LogP contribution in [-0.2, 0) is 0 Å². The summed E-state index contributed by atoms with van der Waals surface area (Å²) in [7, 11) is 2.09. The van der Waals surface area contributed by atoms with Gasteiger partial charge in [-0.3, -0.25) is 0 Å². The van der Waals surface area contributed by atoms with Crippen molar-refractivity contribution in [1.82, 2.24) is 10.2 Å². The molecule has 0 aromatic heterocycles. The summed E-state index contributed by atoms with van der Waals surface area (Å²) in [4.78, 5) is 2.24. The molecule has 0 rings (SSSR count). The number of hydrogen-bond donors (Lipinski definition) is 3. The molecule has 0 amide bonds. The molecule has 0 atom stereocenters. The van der Waals surface area contributed by atoms with Gasteiger partial charge in [-0.05, 0) is 26.6 Å². The minimum Gasteiger partial charge on any atom is -0.329 e. The minimum atomic E-state index is 0.721. The molecule has 0 saturated heterocycles. The predicted octanol–water partition coefficient (Wildman–Crippen LogP) is -1.18. The molecule has 0 unspecified atom stereocenters. The van der Waals surface area contributed by atoms with Crippen molar-refractivity contribution in [3.8, 4) is 0 Å². The smallest absolute Gasteiger partial charge is 0.0102 e. The Morgan fingerprint density at radius 3 is 2.42 bits per heavy atom. The second-order valence-corrected chi connectivity index (χ2v) is 2.98. The van der Waals surface area contributed by atoms with E-state index in [0.29, 0.717) is 0 Å². The van der Waals surface area contributed by atoms with Crippen molar-refractivity contribution in [1.29, 1.82) is 0 Å². The highest BCUT2D eigenvalue weighted by molar-refractivity contribution is 4.54. The molecule has 5 N–H and O–H groups in total. The van der Waals surface area contributed by atoms with Gasteiger partial charge in [0.15, 0.2) is 0 Å². The van der Waals surface area contributed by atoms with Crippen LogP contribution in [0.1, 0.15) is 6.42 Å². The second kappa shape index (κ2) is 8.93. The van der Waals surface area contributed by atoms with Crippen molar-refractivity contribution in [3.63, 3.8) is 0 Å². The molecule has 0 heterocycles. The first kappa shape index (κ1) is 11.8. The van der Waals surface area contributed by atoms with Crippen LogP contribution >= 0.6 is 0 Å². The van der Waals surface area contributed by atoms with Crippen LogP contribution in [-0.4, -0.2) is 51.2 Å².